The molecular weight excluding hydrogens is 316 g/mol. The molecule has 0 saturated carbocycles. The van der Waals surface area contributed by atoms with Crippen LogP contribution in [0.15, 0.2) is 48.5 Å². The Hall–Kier alpha value is -0.860. The Balaban J connectivity index is 1.83. The molecule has 0 unspecified atom stereocenters. The van der Waals surface area contributed by atoms with Crippen LogP contribution in [0, 0.1) is 0 Å². The molecular formula is C21H26S2. The topological polar surface area (TPSA) is 0 Å². The van der Waals surface area contributed by atoms with E-state index in [1.54, 1.807) is 0 Å². The first kappa shape index (κ1) is 17.0. The summed E-state index contributed by atoms with van der Waals surface area (Å²) in [7, 11) is 0. The molecule has 0 saturated heterocycles. The Morgan fingerprint density at radius 2 is 1.39 bits per heavy atom. The third kappa shape index (κ3) is 3.21. The molecule has 2 heteroatoms. The first-order valence-corrected chi connectivity index (χ1v) is 10.9. The lowest BCUT2D eigenvalue weighted by atomic mass is 9.93. The molecule has 0 spiro atoms. The van der Waals surface area contributed by atoms with Gasteiger partial charge in [0.2, 0.25) is 0 Å². The number of unbranched alkanes of at least 4 members (excludes halogenated alkanes) is 1. The van der Waals surface area contributed by atoms with Crippen molar-refractivity contribution in [2.24, 2.45) is 0 Å². The van der Waals surface area contributed by atoms with Crippen molar-refractivity contribution in [3.05, 3.63) is 59.7 Å². The zero-order valence-corrected chi connectivity index (χ0v) is 15.8. The van der Waals surface area contributed by atoms with E-state index in [0.29, 0.717) is 0 Å². The van der Waals surface area contributed by atoms with Gasteiger partial charge in [0, 0.05) is 11.5 Å². The van der Waals surface area contributed by atoms with Crippen molar-refractivity contribution in [2.75, 3.05) is 17.3 Å². The highest BCUT2D eigenvalue weighted by Crippen LogP contribution is 2.56. The molecule has 1 aliphatic rings. The second kappa shape index (κ2) is 7.81. The lowest BCUT2D eigenvalue weighted by Gasteiger charge is -2.30. The van der Waals surface area contributed by atoms with E-state index in [1.807, 2.05) is 0 Å². The molecule has 122 valence electrons. The summed E-state index contributed by atoms with van der Waals surface area (Å²) in [5.74, 6) is 3.80. The van der Waals surface area contributed by atoms with Crippen LogP contribution in [0.25, 0.3) is 11.1 Å². The Morgan fingerprint density at radius 3 is 1.96 bits per heavy atom. The molecule has 2 aromatic carbocycles. The van der Waals surface area contributed by atoms with Crippen molar-refractivity contribution in [1.82, 2.24) is 0 Å². The highest BCUT2D eigenvalue weighted by molar-refractivity contribution is 8.03. The average Bonchev–Trinajstić information content (AvgIpc) is 2.89. The van der Waals surface area contributed by atoms with E-state index < -0.39 is 0 Å². The highest BCUT2D eigenvalue weighted by atomic mass is 32.2. The predicted octanol–water partition coefficient (Wildman–Crippen LogP) is 6.59. The first-order chi connectivity index (χ1) is 11.3. The number of hydrogen-bond donors (Lipinski definition) is 0. The van der Waals surface area contributed by atoms with E-state index in [9.17, 15) is 0 Å². The highest BCUT2D eigenvalue weighted by Gasteiger charge is 2.41. The van der Waals surface area contributed by atoms with Crippen LogP contribution in [-0.2, 0) is 4.75 Å². The van der Waals surface area contributed by atoms with Gasteiger partial charge in [0.05, 0.1) is 4.75 Å². The summed E-state index contributed by atoms with van der Waals surface area (Å²) in [5.41, 5.74) is 5.92. The normalized spacial score (nSPS) is 14.5. The Bertz CT molecular complexity index is 602. The summed E-state index contributed by atoms with van der Waals surface area (Å²) in [6.07, 6.45) is 3.81. The maximum absolute atomic E-state index is 2.34. The van der Waals surface area contributed by atoms with Gasteiger partial charge in [-0.25, -0.2) is 0 Å². The number of thioether (sulfide) groups is 2. The SMILES string of the molecule is CCCCSCCSC1(CC)c2ccccc2-c2ccccc21. The van der Waals surface area contributed by atoms with E-state index in [1.165, 1.54) is 52.4 Å². The molecule has 0 N–H and O–H groups in total. The molecule has 0 nitrogen and oxygen atoms in total. The van der Waals surface area contributed by atoms with Crippen molar-refractivity contribution in [3.8, 4) is 11.1 Å². The number of hydrogen-bond acceptors (Lipinski definition) is 2. The van der Waals surface area contributed by atoms with Crippen molar-refractivity contribution >= 4 is 23.5 Å². The molecule has 23 heavy (non-hydrogen) atoms. The van der Waals surface area contributed by atoms with Crippen LogP contribution < -0.4 is 0 Å². The zero-order valence-electron chi connectivity index (χ0n) is 14.2. The average molecular weight is 343 g/mol. The number of benzene rings is 2. The third-order valence-corrected chi connectivity index (χ3v) is 7.69. The monoisotopic (exact) mass is 342 g/mol. The van der Waals surface area contributed by atoms with Crippen molar-refractivity contribution in [2.45, 2.75) is 37.9 Å². The van der Waals surface area contributed by atoms with Gasteiger partial charge in [-0.05, 0) is 40.8 Å². The summed E-state index contributed by atoms with van der Waals surface area (Å²) < 4.78 is 0.151. The second-order valence-electron chi connectivity index (χ2n) is 6.09. The van der Waals surface area contributed by atoms with Gasteiger partial charge in [-0.1, -0.05) is 68.8 Å². The van der Waals surface area contributed by atoms with Crippen LogP contribution in [0.1, 0.15) is 44.2 Å². The second-order valence-corrected chi connectivity index (χ2v) is 8.70. The molecule has 0 heterocycles. The molecule has 0 aromatic heterocycles. The summed E-state index contributed by atoms with van der Waals surface area (Å²) in [6, 6.07) is 18.0. The van der Waals surface area contributed by atoms with Gasteiger partial charge >= 0.3 is 0 Å². The van der Waals surface area contributed by atoms with Gasteiger partial charge in [0.1, 0.15) is 0 Å². The molecule has 0 atom stereocenters. The minimum Gasteiger partial charge on any atom is -0.161 e. The van der Waals surface area contributed by atoms with E-state index in [4.69, 9.17) is 0 Å². The fourth-order valence-corrected chi connectivity index (χ4v) is 6.27. The van der Waals surface area contributed by atoms with Gasteiger partial charge in [-0.2, -0.15) is 11.8 Å². The molecule has 0 radical (unpaired) electrons. The van der Waals surface area contributed by atoms with Gasteiger partial charge in [-0.15, -0.1) is 11.8 Å². The Morgan fingerprint density at radius 1 is 0.783 bits per heavy atom. The minimum atomic E-state index is 0.151. The zero-order chi connectivity index (χ0) is 16.1. The fraction of sp³-hybridized carbons (Fsp3) is 0.429. The summed E-state index contributed by atoms with van der Waals surface area (Å²) in [6.45, 7) is 4.61. The van der Waals surface area contributed by atoms with Crippen molar-refractivity contribution in [1.29, 1.82) is 0 Å². The first-order valence-electron chi connectivity index (χ1n) is 8.74. The third-order valence-electron chi connectivity index (χ3n) is 4.73. The standard InChI is InChI=1S/C21H26S2/c1-3-5-14-22-15-16-23-21(4-2)19-12-8-6-10-17(19)18-11-7-9-13-20(18)21/h6-13H,3-5,14-16H2,1-2H3. The summed E-state index contributed by atoms with van der Waals surface area (Å²) in [4.78, 5) is 0. The van der Waals surface area contributed by atoms with Crippen LogP contribution in [0.4, 0.5) is 0 Å². The molecule has 0 bridgehead atoms. The van der Waals surface area contributed by atoms with Gasteiger partial charge in [-0.3, -0.25) is 0 Å². The van der Waals surface area contributed by atoms with Crippen LogP contribution in [0.5, 0.6) is 0 Å². The quantitative estimate of drug-likeness (QED) is 0.496. The molecule has 0 amide bonds. The molecule has 3 rings (SSSR count). The van der Waals surface area contributed by atoms with Crippen LogP contribution in [-0.4, -0.2) is 17.3 Å². The van der Waals surface area contributed by atoms with E-state index in [-0.39, 0.29) is 4.75 Å². The number of fused-ring (bicyclic) bond motifs is 3. The molecule has 2 aromatic rings. The van der Waals surface area contributed by atoms with Crippen molar-refractivity contribution in [3.63, 3.8) is 0 Å². The van der Waals surface area contributed by atoms with E-state index >= 15 is 0 Å². The number of rotatable bonds is 8. The summed E-state index contributed by atoms with van der Waals surface area (Å²) in [5, 5.41) is 0. The maximum atomic E-state index is 2.34. The van der Waals surface area contributed by atoms with Crippen LogP contribution in [0.2, 0.25) is 0 Å². The molecule has 0 fully saturated rings. The summed E-state index contributed by atoms with van der Waals surface area (Å²) >= 11 is 4.27. The Kier molecular flexibility index (Phi) is 5.76. The lowest BCUT2D eigenvalue weighted by Crippen LogP contribution is -2.20. The van der Waals surface area contributed by atoms with Gasteiger partial charge < -0.3 is 0 Å². The van der Waals surface area contributed by atoms with E-state index in [0.717, 1.165) is 6.42 Å². The largest absolute Gasteiger partial charge is 0.161 e. The minimum absolute atomic E-state index is 0.151. The van der Waals surface area contributed by atoms with Crippen molar-refractivity contribution < 1.29 is 0 Å². The smallest absolute Gasteiger partial charge is 0.0666 e. The van der Waals surface area contributed by atoms with Gasteiger partial charge in [0.15, 0.2) is 0 Å². The fourth-order valence-electron chi connectivity index (χ4n) is 3.55. The Labute approximate surface area is 149 Å². The molecule has 0 aliphatic heterocycles. The maximum Gasteiger partial charge on any atom is 0.0666 e. The van der Waals surface area contributed by atoms with Gasteiger partial charge in [0.25, 0.3) is 0 Å². The van der Waals surface area contributed by atoms with Crippen LogP contribution in [0.3, 0.4) is 0 Å². The van der Waals surface area contributed by atoms with Crippen LogP contribution >= 0.6 is 23.5 Å². The lowest BCUT2D eigenvalue weighted by molar-refractivity contribution is 0.729. The van der Waals surface area contributed by atoms with E-state index in [2.05, 4.69) is 85.9 Å². The predicted molar refractivity (Wildman–Crippen MR) is 108 cm³/mol. The molecule has 1 aliphatic carbocycles.